The molecule has 1 aliphatic rings. The Hall–Kier alpha value is -6.66. The molecule has 78 heavy (non-hydrogen) atoms. The van der Waals surface area contributed by atoms with Crippen LogP contribution in [0.25, 0.3) is 21.8 Å². The number of amides is 2. The quantitative estimate of drug-likeness (QED) is 0.0422. The zero-order chi connectivity index (χ0) is 56.7. The van der Waals surface area contributed by atoms with Gasteiger partial charge < -0.3 is 19.4 Å². The molecule has 28 heteroatoms. The van der Waals surface area contributed by atoms with Gasteiger partial charge in [0.15, 0.2) is 10.3 Å². The Morgan fingerprint density at radius 2 is 1.27 bits per heavy atom. The molecule has 0 bridgehead atoms. The first-order valence-electron chi connectivity index (χ1n) is 23.5. The lowest BCUT2D eigenvalue weighted by Crippen LogP contribution is -2.48. The number of nitrogens with zero attached hydrogens (tertiary/aromatic N) is 6. The van der Waals surface area contributed by atoms with Gasteiger partial charge in [-0.15, -0.1) is 0 Å². The van der Waals surface area contributed by atoms with Gasteiger partial charge in [-0.25, -0.2) is 41.1 Å². The lowest BCUT2D eigenvalue weighted by molar-refractivity contribution is -0.385. The topological polar surface area (TPSA) is 295 Å². The summed E-state index contributed by atoms with van der Waals surface area (Å²) in [5, 5.41) is 27.1. The molecule has 8 aromatic rings. The molecular formula is C50H52Br2N10O12S4. The van der Waals surface area contributed by atoms with Gasteiger partial charge in [-0.1, -0.05) is 59.1 Å². The van der Waals surface area contributed by atoms with Crippen LogP contribution in [0.1, 0.15) is 52.7 Å². The molecular weight excluding hydrogens is 1220 g/mol. The molecule has 0 saturated carbocycles. The van der Waals surface area contributed by atoms with Crippen LogP contribution in [0.4, 0.5) is 31.2 Å². The largest absolute Gasteiger partial charge is 0.444 e. The van der Waals surface area contributed by atoms with Crippen molar-refractivity contribution in [3.63, 3.8) is 0 Å². The summed E-state index contributed by atoms with van der Waals surface area (Å²) in [6.07, 6.45) is 6.58. The third-order valence-corrected chi connectivity index (χ3v) is 17.4. The summed E-state index contributed by atoms with van der Waals surface area (Å²) < 4.78 is 68.4. The van der Waals surface area contributed by atoms with E-state index in [1.165, 1.54) is 68.3 Å². The molecule has 3 atom stereocenters. The van der Waals surface area contributed by atoms with E-state index in [1.54, 1.807) is 39.4 Å². The fraction of sp³-hybridized carbons (Fsp3) is 0.280. The van der Waals surface area contributed by atoms with Crippen LogP contribution in [0.15, 0.2) is 139 Å². The average Bonchev–Trinajstić information content (AvgIpc) is 3.95. The molecule has 412 valence electrons. The van der Waals surface area contributed by atoms with Crippen LogP contribution in [0.5, 0.6) is 0 Å². The Morgan fingerprint density at radius 1 is 0.756 bits per heavy atom. The number of hydrogen-bond acceptors (Lipinski definition) is 16. The number of sulfonamides is 2. The highest BCUT2D eigenvalue weighted by atomic mass is 79.9. The minimum absolute atomic E-state index is 0.0829. The average molecular weight is 1270 g/mol. The van der Waals surface area contributed by atoms with Crippen molar-refractivity contribution in [1.29, 1.82) is 0 Å². The Labute approximate surface area is 473 Å². The number of anilines is 2. The highest BCUT2D eigenvalue weighted by Gasteiger charge is 2.44. The number of aromatic nitrogens is 4. The lowest BCUT2D eigenvalue weighted by atomic mass is 10.1. The van der Waals surface area contributed by atoms with Gasteiger partial charge >= 0.3 is 12.2 Å². The summed E-state index contributed by atoms with van der Waals surface area (Å²) in [5.74, 6) is 0. The molecule has 22 nitrogen and oxygen atoms in total. The standard InChI is InChI=1S/C25H26BrN5O6S2.C17H15N3O4S.C8H11BrN2O2S/c1-25(2,3)37-24(32)30(23-28-14-22(26)38-23)15-17(12-16-13-27-21-7-5-4-6-20(16)21)29-39(35,36)19-10-8-18(9-11-19)31(33)34;21-20(22)13-5-7-15(8-6-13)25(23,24)19-11-14(19)9-12-10-18-17-4-2-1-3-16(12)17;1-8(2,3)13-7(12)11-6-10-4-5(9)14-6/h4-11,13-14,17,27,29H,12,15H2,1-3H3;1-8,10,14,18H,9,11H2;4H,1-3H3,(H,10,11,12)/t17-;14-,19?;/m01./s1. The highest BCUT2D eigenvalue weighted by Crippen LogP contribution is 2.34. The fourth-order valence-corrected chi connectivity index (χ4v) is 12.7. The molecule has 9 rings (SSSR count). The number of ether oxygens (including phenoxy) is 2. The minimum Gasteiger partial charge on any atom is -0.444 e. The molecule has 0 spiro atoms. The number of fused-ring (bicyclic) bond motifs is 2. The normalized spacial score (nSPS) is 14.8. The van der Waals surface area contributed by atoms with E-state index in [0.29, 0.717) is 27.0 Å². The van der Waals surface area contributed by atoms with Crippen LogP contribution in [0, 0.1) is 20.2 Å². The second-order valence-electron chi connectivity index (χ2n) is 19.3. The number of rotatable bonds is 15. The number of H-pyrrole nitrogens is 2. The van der Waals surface area contributed by atoms with Crippen molar-refractivity contribution < 1.29 is 45.7 Å². The van der Waals surface area contributed by atoms with Crippen LogP contribution < -0.4 is 14.9 Å². The van der Waals surface area contributed by atoms with E-state index in [4.69, 9.17) is 9.47 Å². The molecule has 1 aliphatic heterocycles. The van der Waals surface area contributed by atoms with Gasteiger partial charge in [-0.3, -0.25) is 30.4 Å². The number of aromatic amines is 2. The summed E-state index contributed by atoms with van der Waals surface area (Å²) in [4.78, 5) is 60.9. The summed E-state index contributed by atoms with van der Waals surface area (Å²) in [5.41, 5.74) is 2.20. The molecule has 1 fully saturated rings. The van der Waals surface area contributed by atoms with E-state index in [9.17, 15) is 46.7 Å². The summed E-state index contributed by atoms with van der Waals surface area (Å²) in [6.45, 7) is 11.0. The van der Waals surface area contributed by atoms with Crippen LogP contribution in [-0.4, -0.2) is 99.5 Å². The summed E-state index contributed by atoms with van der Waals surface area (Å²) in [6, 6.07) is 24.2. The first kappa shape index (κ1) is 59.0. The fourth-order valence-electron chi connectivity index (χ4n) is 7.64. The second kappa shape index (κ2) is 24.6. The molecule has 1 unspecified atom stereocenters. The molecule has 1 saturated heterocycles. The van der Waals surface area contributed by atoms with Gasteiger partial charge in [-0.2, -0.15) is 4.31 Å². The number of para-hydroxylation sites is 2. The molecule has 4 N–H and O–H groups in total. The number of nitro benzene ring substituents is 2. The number of carbonyl (C=O) groups is 2. The Kier molecular flexibility index (Phi) is 18.6. The number of nitrogens with one attached hydrogen (secondary N) is 4. The van der Waals surface area contributed by atoms with E-state index in [2.05, 4.69) is 61.8 Å². The minimum atomic E-state index is -4.13. The van der Waals surface area contributed by atoms with Gasteiger partial charge in [-0.05, 0) is 134 Å². The van der Waals surface area contributed by atoms with Gasteiger partial charge in [0.25, 0.3) is 11.4 Å². The molecule has 2 amide bonds. The van der Waals surface area contributed by atoms with Crippen LogP contribution in [0.3, 0.4) is 0 Å². The summed E-state index contributed by atoms with van der Waals surface area (Å²) in [7, 11) is -7.74. The Bertz CT molecular complexity index is 3670. The van der Waals surface area contributed by atoms with Gasteiger partial charge in [0.2, 0.25) is 20.0 Å². The molecule has 4 aromatic carbocycles. The maximum atomic E-state index is 13.4. The second-order valence-corrected chi connectivity index (χ2v) is 27.7. The maximum absolute atomic E-state index is 13.4. The number of benzene rings is 4. The van der Waals surface area contributed by atoms with E-state index >= 15 is 0 Å². The first-order chi connectivity index (χ1) is 36.7. The molecule has 0 aliphatic carbocycles. The van der Waals surface area contributed by atoms with Crippen molar-refractivity contribution in [2.24, 2.45) is 0 Å². The molecule has 4 aromatic heterocycles. The van der Waals surface area contributed by atoms with Crippen LogP contribution in [0.2, 0.25) is 0 Å². The number of halogens is 2. The van der Waals surface area contributed by atoms with Crippen molar-refractivity contribution >= 4 is 130 Å². The lowest BCUT2D eigenvalue weighted by Gasteiger charge is -2.29. The molecule has 0 radical (unpaired) electrons. The van der Waals surface area contributed by atoms with Crippen LogP contribution >= 0.6 is 54.5 Å². The zero-order valence-corrected chi connectivity index (χ0v) is 48.9. The predicted molar refractivity (Wildman–Crippen MR) is 305 cm³/mol. The zero-order valence-electron chi connectivity index (χ0n) is 42.5. The third kappa shape index (κ3) is 16.0. The van der Waals surface area contributed by atoms with E-state index in [1.807, 2.05) is 75.5 Å². The van der Waals surface area contributed by atoms with Crippen LogP contribution in [-0.2, 0) is 42.4 Å². The van der Waals surface area contributed by atoms with Crippen molar-refractivity contribution in [2.75, 3.05) is 23.3 Å². The van der Waals surface area contributed by atoms with E-state index in [0.717, 1.165) is 48.9 Å². The number of non-ortho nitro benzene ring substituents is 2. The smallest absolute Gasteiger partial charge is 0.416 e. The van der Waals surface area contributed by atoms with Gasteiger partial charge in [0, 0.05) is 83.6 Å². The van der Waals surface area contributed by atoms with E-state index in [-0.39, 0.29) is 40.2 Å². The summed E-state index contributed by atoms with van der Waals surface area (Å²) >= 11 is 9.15. The Balaban J connectivity index is 0.000000192. The van der Waals surface area contributed by atoms with Crippen molar-refractivity contribution in [3.8, 4) is 0 Å². The maximum Gasteiger partial charge on any atom is 0.416 e. The highest BCUT2D eigenvalue weighted by molar-refractivity contribution is 9.11. The predicted octanol–water partition coefficient (Wildman–Crippen LogP) is 11.6. The third-order valence-electron chi connectivity index (χ3n) is 11.1. The number of nitro groups is 2. The van der Waals surface area contributed by atoms with Gasteiger partial charge in [0.1, 0.15) is 11.2 Å². The molecule has 5 heterocycles. The number of hydrogen-bond donors (Lipinski definition) is 4. The van der Waals surface area contributed by atoms with Crippen molar-refractivity contribution in [2.45, 2.75) is 87.5 Å². The number of carbonyl (C=O) groups excluding carboxylic acids is 2. The Morgan fingerprint density at radius 3 is 1.78 bits per heavy atom. The monoisotopic (exact) mass is 1270 g/mol. The van der Waals surface area contributed by atoms with Crippen molar-refractivity contribution in [1.82, 2.24) is 29.0 Å². The number of thiazole rings is 2. The van der Waals surface area contributed by atoms with Gasteiger partial charge in [0.05, 0.1) is 39.6 Å². The SMILES string of the molecule is CC(C)(C)OC(=O)N(C[C@H](Cc1c[nH]c2ccccc12)NS(=O)(=O)c1ccc([N+](=O)[O-])cc1)c1ncc(Br)s1.CC(C)(C)OC(=O)Nc1ncc(Br)s1.O=[N+]([O-])c1ccc(S(=O)(=O)N2C[C@H]2Cc2c[nH]c3ccccc23)cc1. The van der Waals surface area contributed by atoms with Crippen molar-refractivity contribution in [3.05, 3.63) is 161 Å². The van der Waals surface area contributed by atoms with E-state index < -0.39 is 59.3 Å². The first-order valence-corrected chi connectivity index (χ1v) is 29.7.